The number of guanidine groups is 1. The first-order chi connectivity index (χ1) is 13.6. The summed E-state index contributed by atoms with van der Waals surface area (Å²) >= 11 is 0. The average Bonchev–Trinajstić information content (AvgIpc) is 3.30. The minimum absolute atomic E-state index is 0.0445. The van der Waals surface area contributed by atoms with Crippen LogP contribution in [0.1, 0.15) is 17.0 Å². The molecule has 2 N–H and O–H groups in total. The van der Waals surface area contributed by atoms with Crippen LogP contribution in [0, 0.1) is 0 Å². The largest absolute Gasteiger partial charge is 0.355 e. The standard InChI is InChI=1S/C21H27N7/c1-22-20(23-14-19-26-25-18-10-6-7-11-28(18)19)24-15-21(27(2)3)12-16-8-4-5-9-17(16)13-21/h4-11H,12-15H2,1-3H3,(H2,22,23,24). The zero-order valence-corrected chi connectivity index (χ0v) is 16.7. The molecule has 0 fully saturated rings. The van der Waals surface area contributed by atoms with E-state index < -0.39 is 0 Å². The second-order valence-corrected chi connectivity index (χ2v) is 7.57. The van der Waals surface area contributed by atoms with Crippen LogP contribution in [0.15, 0.2) is 53.7 Å². The molecular formula is C21H27N7. The van der Waals surface area contributed by atoms with Crippen LogP contribution < -0.4 is 10.6 Å². The number of hydrogen-bond donors (Lipinski definition) is 2. The van der Waals surface area contributed by atoms with Gasteiger partial charge >= 0.3 is 0 Å². The molecule has 0 saturated heterocycles. The van der Waals surface area contributed by atoms with Crippen molar-refractivity contribution < 1.29 is 0 Å². The third kappa shape index (κ3) is 3.45. The summed E-state index contributed by atoms with van der Waals surface area (Å²) in [5, 5.41) is 15.3. The predicted molar refractivity (Wildman–Crippen MR) is 111 cm³/mol. The van der Waals surface area contributed by atoms with Crippen molar-refractivity contribution in [3.63, 3.8) is 0 Å². The highest BCUT2D eigenvalue weighted by Crippen LogP contribution is 2.32. The molecule has 3 aromatic rings. The highest BCUT2D eigenvalue weighted by Gasteiger charge is 2.39. The molecule has 0 spiro atoms. The summed E-state index contributed by atoms with van der Waals surface area (Å²) in [6, 6.07) is 14.6. The molecular weight excluding hydrogens is 350 g/mol. The molecule has 0 unspecified atom stereocenters. The maximum Gasteiger partial charge on any atom is 0.191 e. The second-order valence-electron chi connectivity index (χ2n) is 7.57. The van der Waals surface area contributed by atoms with Crippen LogP contribution in [0.2, 0.25) is 0 Å². The fourth-order valence-corrected chi connectivity index (χ4v) is 3.92. The van der Waals surface area contributed by atoms with Gasteiger partial charge in [0.05, 0.1) is 6.54 Å². The summed E-state index contributed by atoms with van der Waals surface area (Å²) in [7, 11) is 6.11. The average molecular weight is 377 g/mol. The summed E-state index contributed by atoms with van der Waals surface area (Å²) in [5.41, 5.74) is 3.77. The van der Waals surface area contributed by atoms with Crippen LogP contribution in [-0.2, 0) is 19.4 Å². The number of fused-ring (bicyclic) bond motifs is 2. The fourth-order valence-electron chi connectivity index (χ4n) is 3.92. The Balaban J connectivity index is 1.41. The first kappa shape index (κ1) is 18.4. The van der Waals surface area contributed by atoms with Crippen molar-refractivity contribution in [2.75, 3.05) is 27.7 Å². The van der Waals surface area contributed by atoms with E-state index in [-0.39, 0.29) is 5.54 Å². The zero-order chi connectivity index (χ0) is 19.6. The predicted octanol–water partition coefficient (Wildman–Crippen LogP) is 1.49. The van der Waals surface area contributed by atoms with Crippen LogP contribution in [0.4, 0.5) is 0 Å². The van der Waals surface area contributed by atoms with Crippen molar-refractivity contribution in [3.05, 3.63) is 65.6 Å². The molecule has 0 amide bonds. The summed E-state index contributed by atoms with van der Waals surface area (Å²) in [5.74, 6) is 1.62. The highest BCUT2D eigenvalue weighted by atomic mass is 15.3. The number of pyridine rings is 1. The quantitative estimate of drug-likeness (QED) is 0.521. The van der Waals surface area contributed by atoms with Gasteiger partial charge in [0.15, 0.2) is 17.4 Å². The minimum Gasteiger partial charge on any atom is -0.355 e. The second kappa shape index (κ2) is 7.59. The summed E-state index contributed by atoms with van der Waals surface area (Å²) in [4.78, 5) is 6.72. The van der Waals surface area contributed by atoms with E-state index in [2.05, 4.69) is 69.1 Å². The minimum atomic E-state index is 0.0445. The number of hydrogen-bond acceptors (Lipinski definition) is 4. The lowest BCUT2D eigenvalue weighted by Crippen LogP contribution is -2.55. The Bertz CT molecular complexity index is 964. The van der Waals surface area contributed by atoms with Gasteiger partial charge in [-0.25, -0.2) is 0 Å². The van der Waals surface area contributed by atoms with Crippen LogP contribution in [0.5, 0.6) is 0 Å². The van der Waals surface area contributed by atoms with Gasteiger partial charge in [0.1, 0.15) is 0 Å². The first-order valence-corrected chi connectivity index (χ1v) is 9.59. The van der Waals surface area contributed by atoms with Crippen molar-refractivity contribution in [2.45, 2.75) is 24.9 Å². The molecule has 1 aromatic carbocycles. The fraction of sp³-hybridized carbons (Fsp3) is 0.381. The molecule has 146 valence electrons. The Morgan fingerprint density at radius 3 is 2.46 bits per heavy atom. The lowest BCUT2D eigenvalue weighted by atomic mass is 9.94. The van der Waals surface area contributed by atoms with E-state index >= 15 is 0 Å². The normalized spacial score (nSPS) is 15.8. The molecule has 0 radical (unpaired) electrons. The van der Waals surface area contributed by atoms with Crippen LogP contribution in [-0.4, -0.2) is 58.7 Å². The maximum absolute atomic E-state index is 4.39. The molecule has 28 heavy (non-hydrogen) atoms. The monoisotopic (exact) mass is 377 g/mol. The van der Waals surface area contributed by atoms with E-state index in [4.69, 9.17) is 0 Å². The molecule has 1 aliphatic carbocycles. The van der Waals surface area contributed by atoms with Gasteiger partial charge < -0.3 is 15.5 Å². The molecule has 0 bridgehead atoms. The SMILES string of the molecule is CN=C(NCc1nnc2ccccn12)NCC1(N(C)C)Cc2ccccc2C1. The number of rotatable bonds is 5. The maximum atomic E-state index is 4.39. The van der Waals surface area contributed by atoms with Crippen molar-refractivity contribution >= 4 is 11.6 Å². The summed E-state index contributed by atoms with van der Waals surface area (Å²) in [6.45, 7) is 1.37. The van der Waals surface area contributed by atoms with E-state index in [1.807, 2.05) is 28.8 Å². The molecule has 7 nitrogen and oxygen atoms in total. The van der Waals surface area contributed by atoms with Crippen LogP contribution in [0.25, 0.3) is 5.65 Å². The van der Waals surface area contributed by atoms with Crippen molar-refractivity contribution in [2.24, 2.45) is 4.99 Å². The smallest absolute Gasteiger partial charge is 0.191 e. The van der Waals surface area contributed by atoms with Crippen molar-refractivity contribution in [1.29, 1.82) is 0 Å². The van der Waals surface area contributed by atoms with Gasteiger partial charge in [-0.2, -0.15) is 0 Å². The molecule has 2 heterocycles. The van der Waals surface area contributed by atoms with Gasteiger partial charge in [0, 0.05) is 25.3 Å². The lowest BCUT2D eigenvalue weighted by molar-refractivity contribution is 0.165. The number of aliphatic imine (C=N–C) groups is 1. The Labute approximate surface area is 165 Å². The van der Waals surface area contributed by atoms with Gasteiger partial charge in [0.2, 0.25) is 0 Å². The van der Waals surface area contributed by atoms with E-state index in [9.17, 15) is 0 Å². The Morgan fingerprint density at radius 1 is 1.07 bits per heavy atom. The van der Waals surface area contributed by atoms with E-state index in [1.165, 1.54) is 11.1 Å². The van der Waals surface area contributed by atoms with Crippen LogP contribution >= 0.6 is 0 Å². The third-order valence-corrected chi connectivity index (χ3v) is 5.71. The van der Waals surface area contributed by atoms with Gasteiger partial charge in [-0.05, 0) is 50.2 Å². The number of nitrogens with one attached hydrogen (secondary N) is 2. The molecule has 0 aliphatic heterocycles. The van der Waals surface area contributed by atoms with E-state index in [0.29, 0.717) is 6.54 Å². The molecule has 0 saturated carbocycles. The first-order valence-electron chi connectivity index (χ1n) is 9.59. The summed E-state index contributed by atoms with van der Waals surface area (Å²) in [6.07, 6.45) is 4.04. The Kier molecular flexibility index (Phi) is 5.00. The van der Waals surface area contributed by atoms with E-state index in [1.54, 1.807) is 7.05 Å². The Hall–Kier alpha value is -2.93. The third-order valence-electron chi connectivity index (χ3n) is 5.71. The van der Waals surface area contributed by atoms with Crippen LogP contribution in [0.3, 0.4) is 0 Å². The summed E-state index contributed by atoms with van der Waals surface area (Å²) < 4.78 is 1.98. The number of aromatic nitrogens is 3. The van der Waals surface area contributed by atoms with Gasteiger partial charge in [-0.15, -0.1) is 10.2 Å². The van der Waals surface area contributed by atoms with Gasteiger partial charge in [-0.1, -0.05) is 30.3 Å². The molecule has 0 atom stereocenters. The van der Waals surface area contributed by atoms with Crippen molar-refractivity contribution in [3.8, 4) is 0 Å². The number of nitrogens with zero attached hydrogens (tertiary/aromatic N) is 5. The van der Waals surface area contributed by atoms with Gasteiger partial charge in [-0.3, -0.25) is 9.39 Å². The molecule has 7 heteroatoms. The zero-order valence-electron chi connectivity index (χ0n) is 16.7. The molecule has 1 aliphatic rings. The lowest BCUT2D eigenvalue weighted by Gasteiger charge is -2.37. The number of benzene rings is 1. The topological polar surface area (TPSA) is 69.8 Å². The van der Waals surface area contributed by atoms with Gasteiger partial charge in [0.25, 0.3) is 0 Å². The van der Waals surface area contributed by atoms with E-state index in [0.717, 1.165) is 36.8 Å². The van der Waals surface area contributed by atoms with Crippen molar-refractivity contribution in [1.82, 2.24) is 30.1 Å². The Morgan fingerprint density at radius 2 is 1.79 bits per heavy atom. The highest BCUT2D eigenvalue weighted by molar-refractivity contribution is 5.79. The molecule has 2 aromatic heterocycles. The number of likely N-dealkylation sites (N-methyl/N-ethyl adjacent to an activating group) is 1. The molecule has 4 rings (SSSR count).